The number of nitrogens with zero attached hydrogens (tertiary/aromatic N) is 3. The molecule has 0 aliphatic carbocycles. The third-order valence-corrected chi connectivity index (χ3v) is 3.61. The number of carbonyl (C=O) groups excluding carboxylic acids is 2. The summed E-state index contributed by atoms with van der Waals surface area (Å²) in [6, 6.07) is 9.71. The van der Waals surface area contributed by atoms with E-state index in [0.29, 0.717) is 26.2 Å². The Kier molecular flexibility index (Phi) is 4.56. The van der Waals surface area contributed by atoms with E-state index in [1.54, 1.807) is 21.9 Å². The van der Waals surface area contributed by atoms with E-state index in [1.165, 1.54) is 0 Å². The third-order valence-electron chi connectivity index (χ3n) is 3.61. The molecule has 0 saturated carbocycles. The van der Waals surface area contributed by atoms with E-state index in [2.05, 4.69) is 10.3 Å². The Labute approximate surface area is 133 Å². The highest BCUT2D eigenvalue weighted by Crippen LogP contribution is 2.16. The number of amides is 2. The molecule has 120 valence electrons. The van der Waals surface area contributed by atoms with Crippen molar-refractivity contribution in [3.8, 4) is 11.4 Å². The van der Waals surface area contributed by atoms with Gasteiger partial charge in [0, 0.05) is 31.0 Å². The fraction of sp³-hybridized carbons (Fsp3) is 0.312. The molecule has 2 amide bonds. The number of aromatic nitrogens is 2. The number of imidazole rings is 1. The quantitative estimate of drug-likeness (QED) is 0.867. The Morgan fingerprint density at radius 3 is 2.87 bits per heavy atom. The lowest BCUT2D eigenvalue weighted by Gasteiger charge is -2.13. The van der Waals surface area contributed by atoms with Gasteiger partial charge in [0.2, 0.25) is 5.91 Å². The molecule has 1 saturated heterocycles. The summed E-state index contributed by atoms with van der Waals surface area (Å²) in [5.41, 5.74) is 0.963. The molecule has 0 spiro atoms. The number of benzene rings is 1. The van der Waals surface area contributed by atoms with Crippen LogP contribution in [0.3, 0.4) is 0 Å². The highest BCUT2D eigenvalue weighted by molar-refractivity contribution is 5.76. The molecule has 1 aromatic carbocycles. The molecule has 1 aromatic heterocycles. The Morgan fingerprint density at radius 1 is 1.30 bits per heavy atom. The molecular weight excluding hydrogens is 296 g/mol. The first kappa shape index (κ1) is 15.1. The second kappa shape index (κ2) is 6.95. The molecule has 0 radical (unpaired) electrons. The van der Waals surface area contributed by atoms with Crippen molar-refractivity contribution in [1.29, 1.82) is 0 Å². The molecule has 1 aliphatic rings. The zero-order chi connectivity index (χ0) is 16.1. The molecule has 0 bridgehead atoms. The maximum atomic E-state index is 12.1. The van der Waals surface area contributed by atoms with E-state index in [4.69, 9.17) is 4.74 Å². The van der Waals surface area contributed by atoms with Gasteiger partial charge >= 0.3 is 6.09 Å². The number of rotatable bonds is 6. The Balaban J connectivity index is 1.52. The minimum absolute atomic E-state index is 0.118. The lowest BCUT2D eigenvalue weighted by molar-refractivity contribution is -0.121. The summed E-state index contributed by atoms with van der Waals surface area (Å²) in [4.78, 5) is 29.2. The first-order valence-corrected chi connectivity index (χ1v) is 7.49. The van der Waals surface area contributed by atoms with Gasteiger partial charge in [-0.05, 0) is 0 Å². The molecule has 2 heterocycles. The van der Waals surface area contributed by atoms with E-state index in [-0.39, 0.29) is 18.5 Å². The van der Waals surface area contributed by atoms with Gasteiger partial charge in [-0.25, -0.2) is 9.78 Å². The van der Waals surface area contributed by atoms with Gasteiger partial charge in [0.25, 0.3) is 0 Å². The van der Waals surface area contributed by atoms with Crippen molar-refractivity contribution in [1.82, 2.24) is 19.8 Å². The average Bonchev–Trinajstić information content (AvgIpc) is 3.18. The fourth-order valence-electron chi connectivity index (χ4n) is 2.45. The molecule has 1 aliphatic heterocycles. The fourth-order valence-corrected chi connectivity index (χ4v) is 2.45. The molecule has 2 aromatic rings. The van der Waals surface area contributed by atoms with Crippen LogP contribution in [0.15, 0.2) is 42.7 Å². The first-order chi connectivity index (χ1) is 11.2. The van der Waals surface area contributed by atoms with Crippen molar-refractivity contribution >= 4 is 12.0 Å². The van der Waals surface area contributed by atoms with E-state index < -0.39 is 0 Å². The Morgan fingerprint density at radius 2 is 2.13 bits per heavy atom. The molecule has 3 rings (SSSR count). The highest BCUT2D eigenvalue weighted by atomic mass is 16.6. The molecule has 7 nitrogen and oxygen atoms in total. The highest BCUT2D eigenvalue weighted by Gasteiger charge is 2.21. The maximum Gasteiger partial charge on any atom is 0.409 e. The zero-order valence-electron chi connectivity index (χ0n) is 12.6. The normalized spacial score (nSPS) is 13.9. The van der Waals surface area contributed by atoms with Crippen LogP contribution >= 0.6 is 0 Å². The van der Waals surface area contributed by atoms with Gasteiger partial charge in [0.15, 0.2) is 0 Å². The number of nitrogens with one attached hydrogen (secondary N) is 1. The Bertz CT molecular complexity index is 684. The van der Waals surface area contributed by atoms with Crippen molar-refractivity contribution in [3.63, 3.8) is 0 Å². The number of carbonyl (C=O) groups is 2. The van der Waals surface area contributed by atoms with E-state index >= 15 is 0 Å². The van der Waals surface area contributed by atoms with Crippen LogP contribution in [0.5, 0.6) is 0 Å². The summed E-state index contributed by atoms with van der Waals surface area (Å²) in [7, 11) is 0. The average molecular weight is 314 g/mol. The van der Waals surface area contributed by atoms with E-state index in [0.717, 1.165) is 11.4 Å². The van der Waals surface area contributed by atoms with E-state index in [9.17, 15) is 9.59 Å². The molecule has 0 atom stereocenters. The van der Waals surface area contributed by atoms with Crippen LogP contribution in [-0.4, -0.2) is 52.7 Å². The van der Waals surface area contributed by atoms with Gasteiger partial charge in [-0.1, -0.05) is 30.3 Å². The van der Waals surface area contributed by atoms with Gasteiger partial charge in [-0.15, -0.1) is 0 Å². The van der Waals surface area contributed by atoms with Gasteiger partial charge in [-0.3, -0.25) is 4.79 Å². The molecule has 7 heteroatoms. The number of hydrogen-bond acceptors (Lipinski definition) is 4. The number of cyclic esters (lactones) is 1. The van der Waals surface area contributed by atoms with E-state index in [1.807, 2.05) is 30.3 Å². The Hall–Kier alpha value is -2.83. The molecule has 23 heavy (non-hydrogen) atoms. The van der Waals surface area contributed by atoms with Crippen LogP contribution in [0, 0.1) is 0 Å². The molecule has 1 fully saturated rings. The largest absolute Gasteiger partial charge is 0.448 e. The molecular formula is C16H18N4O3. The summed E-state index contributed by atoms with van der Waals surface area (Å²) >= 11 is 0. The van der Waals surface area contributed by atoms with Crippen LogP contribution in [0.2, 0.25) is 0 Å². The van der Waals surface area contributed by atoms with Crippen LogP contribution < -0.4 is 5.32 Å². The zero-order valence-corrected chi connectivity index (χ0v) is 12.6. The smallest absolute Gasteiger partial charge is 0.409 e. The van der Waals surface area contributed by atoms with Gasteiger partial charge in [0.05, 0.1) is 6.54 Å². The number of hydrogen-bond donors (Lipinski definition) is 1. The standard InChI is InChI=1S/C16H18N4O3/c21-14(17-6-8-19-10-11-23-16(19)22)12-20-9-7-18-15(20)13-4-2-1-3-5-13/h1-5,7,9H,6,8,10-12H2,(H,17,21). The first-order valence-electron chi connectivity index (χ1n) is 7.49. The van der Waals surface area contributed by atoms with Crippen molar-refractivity contribution < 1.29 is 14.3 Å². The second-order valence-electron chi connectivity index (χ2n) is 5.20. The summed E-state index contributed by atoms with van der Waals surface area (Å²) in [6.45, 7) is 2.05. The maximum absolute atomic E-state index is 12.1. The van der Waals surface area contributed by atoms with Crippen molar-refractivity contribution in [2.45, 2.75) is 6.54 Å². The monoisotopic (exact) mass is 314 g/mol. The van der Waals surface area contributed by atoms with Gasteiger partial charge in [-0.2, -0.15) is 0 Å². The van der Waals surface area contributed by atoms with Gasteiger partial charge < -0.3 is 19.5 Å². The van der Waals surface area contributed by atoms with Crippen molar-refractivity contribution in [3.05, 3.63) is 42.7 Å². The molecule has 1 N–H and O–H groups in total. The summed E-state index contributed by atoms with van der Waals surface area (Å²) in [5, 5.41) is 2.81. The summed E-state index contributed by atoms with van der Waals surface area (Å²) in [6.07, 6.45) is 3.13. The lowest BCUT2D eigenvalue weighted by atomic mass is 10.2. The minimum Gasteiger partial charge on any atom is -0.448 e. The van der Waals surface area contributed by atoms with Crippen LogP contribution in [0.4, 0.5) is 4.79 Å². The SMILES string of the molecule is O=C(Cn1ccnc1-c1ccccc1)NCCN1CCOC1=O. The van der Waals surface area contributed by atoms with Crippen LogP contribution in [-0.2, 0) is 16.1 Å². The van der Waals surface area contributed by atoms with Crippen LogP contribution in [0.1, 0.15) is 0 Å². The number of ether oxygens (including phenoxy) is 1. The topological polar surface area (TPSA) is 76.5 Å². The molecule has 0 unspecified atom stereocenters. The minimum atomic E-state index is -0.319. The predicted octanol–water partition coefficient (Wildman–Crippen LogP) is 1.12. The summed E-state index contributed by atoms with van der Waals surface area (Å²) in [5.74, 6) is 0.636. The van der Waals surface area contributed by atoms with Gasteiger partial charge in [0.1, 0.15) is 19.0 Å². The third kappa shape index (κ3) is 3.68. The second-order valence-corrected chi connectivity index (χ2v) is 5.20. The van der Waals surface area contributed by atoms with Crippen LogP contribution in [0.25, 0.3) is 11.4 Å². The van der Waals surface area contributed by atoms with Crippen molar-refractivity contribution in [2.75, 3.05) is 26.2 Å². The van der Waals surface area contributed by atoms with Crippen molar-refractivity contribution in [2.24, 2.45) is 0 Å². The summed E-state index contributed by atoms with van der Waals surface area (Å²) < 4.78 is 6.64. The lowest BCUT2D eigenvalue weighted by Crippen LogP contribution is -2.36. The predicted molar refractivity (Wildman–Crippen MR) is 83.6 cm³/mol.